The van der Waals surface area contributed by atoms with Gasteiger partial charge < -0.3 is 15.2 Å². The maximum atomic E-state index is 12.6. The van der Waals surface area contributed by atoms with Crippen molar-refractivity contribution in [1.29, 1.82) is 0 Å². The number of carbonyl (C=O) groups is 1. The highest BCUT2D eigenvalue weighted by atomic mass is 16.1. The van der Waals surface area contributed by atoms with Gasteiger partial charge in [0.1, 0.15) is 12.0 Å². The summed E-state index contributed by atoms with van der Waals surface area (Å²) in [7, 11) is 1.89. The second-order valence-corrected chi connectivity index (χ2v) is 7.01. The summed E-state index contributed by atoms with van der Waals surface area (Å²) in [5.74, 6) is 1.27. The van der Waals surface area contributed by atoms with E-state index in [1.807, 2.05) is 42.8 Å². The third-order valence-electron chi connectivity index (χ3n) is 4.94. The van der Waals surface area contributed by atoms with Crippen molar-refractivity contribution in [3.05, 3.63) is 83.8 Å². The summed E-state index contributed by atoms with van der Waals surface area (Å²) < 4.78 is 1.88. The first-order valence-electron chi connectivity index (χ1n) is 9.78. The van der Waals surface area contributed by atoms with E-state index in [4.69, 9.17) is 0 Å². The molecule has 0 atom stereocenters. The molecule has 9 nitrogen and oxygen atoms in total. The molecule has 0 aliphatic rings. The number of rotatable bonds is 7. The number of carbonyl (C=O) groups excluding carboxylic acids is 1. The molecule has 4 aromatic rings. The highest BCUT2D eigenvalue weighted by Gasteiger charge is 2.12. The quantitative estimate of drug-likeness (QED) is 0.478. The minimum atomic E-state index is -0.142. The van der Waals surface area contributed by atoms with Gasteiger partial charge in [-0.15, -0.1) is 10.2 Å². The third kappa shape index (κ3) is 4.72. The fraction of sp³-hybridized carbons (Fsp3) is 0.182. The van der Waals surface area contributed by atoms with Crippen molar-refractivity contribution in [1.82, 2.24) is 35.0 Å². The second kappa shape index (κ2) is 9.12. The van der Waals surface area contributed by atoms with E-state index in [9.17, 15) is 4.79 Å². The molecule has 0 unspecified atom stereocenters. The number of nitrogens with zero attached hydrogens (tertiary/aromatic N) is 6. The van der Waals surface area contributed by atoms with Crippen molar-refractivity contribution in [2.45, 2.75) is 20.0 Å². The number of hydrogen-bond acceptors (Lipinski definition) is 7. The number of amides is 1. The predicted molar refractivity (Wildman–Crippen MR) is 116 cm³/mol. The molecule has 0 fully saturated rings. The zero-order valence-corrected chi connectivity index (χ0v) is 17.3. The normalized spacial score (nSPS) is 10.6. The average Bonchev–Trinajstić information content (AvgIpc) is 3.18. The molecule has 3 heterocycles. The van der Waals surface area contributed by atoms with Gasteiger partial charge in [0.2, 0.25) is 0 Å². The molecule has 9 heteroatoms. The fourth-order valence-electron chi connectivity index (χ4n) is 3.07. The van der Waals surface area contributed by atoms with Gasteiger partial charge in [0.05, 0.1) is 6.54 Å². The first kappa shape index (κ1) is 20.1. The Labute approximate surface area is 179 Å². The first-order chi connectivity index (χ1) is 15.1. The van der Waals surface area contributed by atoms with Crippen LogP contribution in [0.3, 0.4) is 0 Å². The number of aryl methyl sites for hydroxylation is 1. The van der Waals surface area contributed by atoms with E-state index in [1.54, 1.807) is 30.7 Å². The van der Waals surface area contributed by atoms with Crippen molar-refractivity contribution in [2.24, 2.45) is 7.05 Å². The number of anilines is 1. The van der Waals surface area contributed by atoms with E-state index in [0.29, 0.717) is 30.2 Å². The number of pyridine rings is 1. The number of benzene rings is 1. The Kier molecular flexibility index (Phi) is 5.93. The Hall–Kier alpha value is -4.14. The van der Waals surface area contributed by atoms with E-state index in [-0.39, 0.29) is 5.91 Å². The van der Waals surface area contributed by atoms with Crippen molar-refractivity contribution in [3.63, 3.8) is 0 Å². The zero-order valence-electron chi connectivity index (χ0n) is 17.3. The summed E-state index contributed by atoms with van der Waals surface area (Å²) in [4.78, 5) is 24.8. The molecule has 1 amide bonds. The van der Waals surface area contributed by atoms with Gasteiger partial charge in [-0.3, -0.25) is 9.78 Å². The lowest BCUT2D eigenvalue weighted by Gasteiger charge is -2.10. The minimum absolute atomic E-state index is 0.142. The van der Waals surface area contributed by atoms with Gasteiger partial charge in [0.15, 0.2) is 11.6 Å². The van der Waals surface area contributed by atoms with E-state index in [0.717, 1.165) is 22.6 Å². The van der Waals surface area contributed by atoms with Crippen LogP contribution in [0.4, 0.5) is 5.69 Å². The highest BCUT2D eigenvalue weighted by Crippen LogP contribution is 2.16. The Bertz CT molecular complexity index is 1190. The lowest BCUT2D eigenvalue weighted by Crippen LogP contribution is -2.23. The summed E-state index contributed by atoms with van der Waals surface area (Å²) in [5, 5.41) is 14.7. The summed E-state index contributed by atoms with van der Waals surface area (Å²) in [6.07, 6.45) is 6.66. The van der Waals surface area contributed by atoms with Crippen molar-refractivity contribution < 1.29 is 4.79 Å². The van der Waals surface area contributed by atoms with Gasteiger partial charge >= 0.3 is 0 Å². The minimum Gasteiger partial charge on any atom is -0.378 e. The molecule has 0 bridgehead atoms. The largest absolute Gasteiger partial charge is 0.378 e. The van der Waals surface area contributed by atoms with Crippen LogP contribution in [-0.4, -0.2) is 35.6 Å². The molecule has 1 aromatic carbocycles. The smallest absolute Gasteiger partial charge is 0.251 e. The molecular weight excluding hydrogens is 392 g/mol. The molecule has 4 rings (SSSR count). The molecular formula is C22H22N8O. The summed E-state index contributed by atoms with van der Waals surface area (Å²) in [6, 6.07) is 11.1. The van der Waals surface area contributed by atoms with Crippen LogP contribution in [0.2, 0.25) is 0 Å². The van der Waals surface area contributed by atoms with E-state index < -0.39 is 0 Å². The zero-order chi connectivity index (χ0) is 21.6. The lowest BCUT2D eigenvalue weighted by atomic mass is 10.1. The van der Waals surface area contributed by atoms with Crippen molar-refractivity contribution in [2.75, 3.05) is 5.32 Å². The maximum Gasteiger partial charge on any atom is 0.251 e. The molecule has 0 aliphatic carbocycles. The maximum absolute atomic E-state index is 12.6. The number of hydrogen-bond donors (Lipinski definition) is 2. The van der Waals surface area contributed by atoms with Crippen LogP contribution in [0.15, 0.2) is 61.3 Å². The Morgan fingerprint density at radius 1 is 1.06 bits per heavy atom. The third-order valence-corrected chi connectivity index (χ3v) is 4.94. The van der Waals surface area contributed by atoms with E-state index >= 15 is 0 Å². The summed E-state index contributed by atoms with van der Waals surface area (Å²) >= 11 is 0. The van der Waals surface area contributed by atoms with Gasteiger partial charge in [-0.25, -0.2) is 9.97 Å². The monoisotopic (exact) mass is 414 g/mol. The molecule has 3 aromatic heterocycles. The van der Waals surface area contributed by atoms with Crippen molar-refractivity contribution >= 4 is 11.6 Å². The first-order valence-corrected chi connectivity index (χ1v) is 9.78. The highest BCUT2D eigenvalue weighted by molar-refractivity contribution is 5.95. The molecule has 0 spiro atoms. The molecule has 0 radical (unpaired) electrons. The molecule has 156 valence electrons. The van der Waals surface area contributed by atoms with Crippen LogP contribution in [-0.2, 0) is 20.1 Å². The van der Waals surface area contributed by atoms with Gasteiger partial charge in [0, 0.05) is 43.4 Å². The molecule has 0 saturated carbocycles. The fourth-order valence-corrected chi connectivity index (χ4v) is 3.07. The van der Waals surface area contributed by atoms with E-state index in [2.05, 4.69) is 35.8 Å². The Morgan fingerprint density at radius 3 is 2.74 bits per heavy atom. The van der Waals surface area contributed by atoms with Gasteiger partial charge in [-0.2, -0.15) is 0 Å². The molecule has 0 aliphatic heterocycles. The van der Waals surface area contributed by atoms with Crippen LogP contribution >= 0.6 is 0 Å². The Morgan fingerprint density at radius 2 is 1.94 bits per heavy atom. The Balaban J connectivity index is 1.39. The van der Waals surface area contributed by atoms with Crippen LogP contribution in [0, 0.1) is 6.92 Å². The summed E-state index contributed by atoms with van der Waals surface area (Å²) in [5.41, 5.74) is 4.18. The topological polar surface area (TPSA) is 111 Å². The molecule has 31 heavy (non-hydrogen) atoms. The van der Waals surface area contributed by atoms with Gasteiger partial charge in [0.25, 0.3) is 5.91 Å². The SMILES string of the molecule is Cc1ccncc1CNC(=O)c1cccc(NCc2nnc(-c3ccncn3)n2C)c1. The average molecular weight is 414 g/mol. The van der Waals surface area contributed by atoms with Gasteiger partial charge in [-0.05, 0) is 48.4 Å². The van der Waals surface area contributed by atoms with Crippen LogP contribution in [0.5, 0.6) is 0 Å². The van der Waals surface area contributed by atoms with Crippen LogP contribution < -0.4 is 10.6 Å². The van der Waals surface area contributed by atoms with Crippen LogP contribution in [0.25, 0.3) is 11.5 Å². The molecule has 2 N–H and O–H groups in total. The van der Waals surface area contributed by atoms with Gasteiger partial charge in [-0.1, -0.05) is 6.07 Å². The number of aromatic nitrogens is 6. The second-order valence-electron chi connectivity index (χ2n) is 7.01. The van der Waals surface area contributed by atoms with E-state index in [1.165, 1.54) is 6.33 Å². The molecule has 0 saturated heterocycles. The summed E-state index contributed by atoms with van der Waals surface area (Å²) in [6.45, 7) is 2.88. The lowest BCUT2D eigenvalue weighted by molar-refractivity contribution is 0.0951. The van der Waals surface area contributed by atoms with Crippen LogP contribution in [0.1, 0.15) is 27.3 Å². The van der Waals surface area contributed by atoms with Crippen molar-refractivity contribution in [3.8, 4) is 11.5 Å². The standard InChI is InChI=1S/C22H22N8O/c1-15-6-8-23-11-17(15)12-26-22(31)16-4-3-5-18(10-16)25-13-20-28-29-21(30(20)2)19-7-9-24-14-27-19/h3-11,14,25H,12-13H2,1-2H3,(H,26,31). The number of nitrogens with one attached hydrogen (secondary N) is 2. The predicted octanol–water partition coefficient (Wildman–Crippen LogP) is 2.52.